The topological polar surface area (TPSA) is 30.0 Å². The van der Waals surface area contributed by atoms with Crippen molar-refractivity contribution in [2.45, 2.75) is 0 Å². The van der Waals surface area contributed by atoms with Gasteiger partial charge < -0.3 is 0 Å². The van der Waals surface area contributed by atoms with E-state index in [2.05, 4.69) is 4.98 Å². The fraction of sp³-hybridized carbons (Fsp3) is 0. The van der Waals surface area contributed by atoms with Crippen molar-refractivity contribution in [2.75, 3.05) is 0 Å². The number of nitrogens with zero attached hydrogens (tertiary/aromatic N) is 1. The van der Waals surface area contributed by atoms with Crippen molar-refractivity contribution in [1.82, 2.24) is 4.98 Å². The van der Waals surface area contributed by atoms with Crippen LogP contribution in [0, 0.1) is 0 Å². The first-order valence-electron chi connectivity index (χ1n) is 4.03. The summed E-state index contributed by atoms with van der Waals surface area (Å²) in [5, 5.41) is 0.828. The number of hydrogen-bond donors (Lipinski definition) is 0. The number of pyridine rings is 1. The van der Waals surface area contributed by atoms with E-state index in [-0.39, 0.29) is 5.15 Å². The molecule has 1 aromatic heterocycles. The molecule has 0 N–H and O–H groups in total. The van der Waals surface area contributed by atoms with E-state index < -0.39 is 5.24 Å². The Morgan fingerprint density at radius 2 is 1.93 bits per heavy atom. The number of fused-ring (bicyclic) bond motifs is 1. The molecule has 0 bridgehead atoms. The van der Waals surface area contributed by atoms with Crippen LogP contribution in [0.4, 0.5) is 0 Å². The van der Waals surface area contributed by atoms with Crippen LogP contribution in [0.15, 0.2) is 24.3 Å². The Bertz CT molecular complexity index is 548. The zero-order valence-electron chi connectivity index (χ0n) is 7.30. The summed E-state index contributed by atoms with van der Waals surface area (Å²) in [5.74, 6) is 0. The molecular weight excluding hydrogens is 256 g/mol. The molecule has 0 aliphatic carbocycles. The van der Waals surface area contributed by atoms with Gasteiger partial charge in [0.25, 0.3) is 5.24 Å². The second kappa shape index (κ2) is 3.97. The van der Waals surface area contributed by atoms with Gasteiger partial charge in [0, 0.05) is 16.0 Å². The van der Waals surface area contributed by atoms with Gasteiger partial charge in [0.15, 0.2) is 0 Å². The van der Waals surface area contributed by atoms with Crippen molar-refractivity contribution in [3.05, 3.63) is 40.0 Å². The maximum atomic E-state index is 11.1. The van der Waals surface area contributed by atoms with E-state index in [0.29, 0.717) is 21.5 Å². The summed E-state index contributed by atoms with van der Waals surface area (Å²) in [6, 6.07) is 6.43. The van der Waals surface area contributed by atoms with Crippen molar-refractivity contribution in [1.29, 1.82) is 0 Å². The van der Waals surface area contributed by atoms with Gasteiger partial charge in [-0.1, -0.05) is 29.3 Å². The van der Waals surface area contributed by atoms with Crippen LogP contribution in [0.2, 0.25) is 10.2 Å². The van der Waals surface area contributed by atoms with Crippen molar-refractivity contribution < 1.29 is 4.79 Å². The number of carbonyl (C=O) groups is 1. The van der Waals surface area contributed by atoms with Crippen LogP contribution in [-0.2, 0) is 0 Å². The van der Waals surface area contributed by atoms with Gasteiger partial charge in [-0.05, 0) is 29.8 Å². The average molecular weight is 261 g/mol. The van der Waals surface area contributed by atoms with E-state index in [1.807, 2.05) is 0 Å². The third-order valence-electron chi connectivity index (χ3n) is 1.95. The highest BCUT2D eigenvalue weighted by Gasteiger charge is 2.10. The highest BCUT2D eigenvalue weighted by atomic mass is 35.5. The molecular formula is C10H4Cl3NO. The molecule has 0 unspecified atom stereocenters. The largest absolute Gasteiger partial charge is 0.276 e. The Kier molecular flexibility index (Phi) is 2.83. The molecule has 0 aliphatic heterocycles. The molecule has 0 saturated heterocycles. The molecule has 0 amide bonds. The Balaban J connectivity index is 2.86. The summed E-state index contributed by atoms with van der Waals surface area (Å²) in [6.07, 6.45) is 0. The Labute approximate surface area is 101 Å². The van der Waals surface area contributed by atoms with Gasteiger partial charge in [-0.2, -0.15) is 0 Å². The smallest absolute Gasteiger partial charge is 0.253 e. The summed E-state index contributed by atoms with van der Waals surface area (Å²) in [4.78, 5) is 15.2. The van der Waals surface area contributed by atoms with Gasteiger partial charge in [0.2, 0.25) is 0 Å². The lowest BCUT2D eigenvalue weighted by Gasteiger charge is -2.03. The monoisotopic (exact) mass is 259 g/mol. The molecule has 2 rings (SSSR count). The number of rotatable bonds is 1. The van der Waals surface area contributed by atoms with E-state index in [0.717, 1.165) is 0 Å². The lowest BCUT2D eigenvalue weighted by Crippen LogP contribution is -1.93. The van der Waals surface area contributed by atoms with Gasteiger partial charge in [0.1, 0.15) is 5.15 Å². The minimum atomic E-state index is -0.563. The van der Waals surface area contributed by atoms with Crippen molar-refractivity contribution in [2.24, 2.45) is 0 Å². The zero-order valence-corrected chi connectivity index (χ0v) is 9.57. The molecule has 15 heavy (non-hydrogen) atoms. The summed E-state index contributed by atoms with van der Waals surface area (Å²) < 4.78 is 0. The highest BCUT2D eigenvalue weighted by molar-refractivity contribution is 6.68. The number of halogens is 3. The molecule has 1 aromatic carbocycles. The molecule has 0 fully saturated rings. The third kappa shape index (κ3) is 2.07. The van der Waals surface area contributed by atoms with Gasteiger partial charge in [-0.25, -0.2) is 4.98 Å². The van der Waals surface area contributed by atoms with Crippen molar-refractivity contribution in [3.8, 4) is 0 Å². The quantitative estimate of drug-likeness (QED) is 0.574. The lowest BCUT2D eigenvalue weighted by molar-refractivity contribution is 0.108. The summed E-state index contributed by atoms with van der Waals surface area (Å²) >= 11 is 17.0. The Hall–Kier alpha value is -0.830. The van der Waals surface area contributed by atoms with Crippen LogP contribution in [0.1, 0.15) is 10.4 Å². The van der Waals surface area contributed by atoms with Crippen LogP contribution in [-0.4, -0.2) is 10.2 Å². The second-order valence-electron chi connectivity index (χ2n) is 2.93. The first-order chi connectivity index (χ1) is 7.08. The molecule has 2 nitrogen and oxygen atoms in total. The van der Waals surface area contributed by atoms with E-state index in [1.54, 1.807) is 18.2 Å². The van der Waals surface area contributed by atoms with E-state index >= 15 is 0 Å². The van der Waals surface area contributed by atoms with Gasteiger partial charge >= 0.3 is 0 Å². The van der Waals surface area contributed by atoms with Crippen LogP contribution < -0.4 is 0 Å². The fourth-order valence-corrected chi connectivity index (χ4v) is 1.85. The molecule has 0 radical (unpaired) electrons. The molecule has 1 heterocycles. The maximum Gasteiger partial charge on any atom is 0.253 e. The number of hydrogen-bond acceptors (Lipinski definition) is 2. The van der Waals surface area contributed by atoms with Crippen molar-refractivity contribution >= 4 is 50.9 Å². The molecule has 0 spiro atoms. The summed E-state index contributed by atoms with van der Waals surface area (Å²) in [6.45, 7) is 0. The third-order valence-corrected chi connectivity index (χ3v) is 2.58. The SMILES string of the molecule is O=C(Cl)c1cc(Cl)nc2cc(Cl)ccc12. The number of aromatic nitrogens is 1. The minimum Gasteiger partial charge on any atom is -0.276 e. The average Bonchev–Trinajstić information content (AvgIpc) is 2.15. The maximum absolute atomic E-state index is 11.1. The first-order valence-corrected chi connectivity index (χ1v) is 5.17. The van der Waals surface area contributed by atoms with E-state index in [9.17, 15) is 4.79 Å². The predicted molar refractivity (Wildman–Crippen MR) is 61.9 cm³/mol. The minimum absolute atomic E-state index is 0.216. The Morgan fingerprint density at radius 3 is 2.60 bits per heavy atom. The zero-order chi connectivity index (χ0) is 11.0. The molecule has 2 aromatic rings. The molecule has 0 aliphatic rings. The van der Waals surface area contributed by atoms with Crippen LogP contribution >= 0.6 is 34.8 Å². The molecule has 5 heteroatoms. The van der Waals surface area contributed by atoms with E-state index in [4.69, 9.17) is 34.8 Å². The normalized spacial score (nSPS) is 10.6. The summed E-state index contributed by atoms with van der Waals surface area (Å²) in [7, 11) is 0. The first kappa shape index (κ1) is 10.7. The van der Waals surface area contributed by atoms with Gasteiger partial charge in [-0.15, -0.1) is 0 Å². The highest BCUT2D eigenvalue weighted by Crippen LogP contribution is 2.24. The lowest BCUT2D eigenvalue weighted by atomic mass is 10.1. The standard InChI is InChI=1S/C10H4Cl3NO/c11-5-1-2-6-7(10(13)15)4-9(12)14-8(6)3-5/h1-4H. The summed E-state index contributed by atoms with van der Waals surface area (Å²) in [5.41, 5.74) is 0.891. The molecule has 0 atom stereocenters. The van der Waals surface area contributed by atoms with Crippen molar-refractivity contribution in [3.63, 3.8) is 0 Å². The fourth-order valence-electron chi connectivity index (χ4n) is 1.33. The predicted octanol–water partition coefficient (Wildman–Crippen LogP) is 3.92. The van der Waals surface area contributed by atoms with Crippen LogP contribution in [0.25, 0.3) is 10.9 Å². The van der Waals surface area contributed by atoms with Gasteiger partial charge in [-0.3, -0.25) is 4.79 Å². The van der Waals surface area contributed by atoms with E-state index in [1.165, 1.54) is 6.07 Å². The van der Waals surface area contributed by atoms with Gasteiger partial charge in [0.05, 0.1) is 5.52 Å². The molecule has 0 saturated carbocycles. The van der Waals surface area contributed by atoms with Crippen LogP contribution in [0.3, 0.4) is 0 Å². The molecule has 76 valence electrons. The number of benzene rings is 1. The van der Waals surface area contributed by atoms with Crippen LogP contribution in [0.5, 0.6) is 0 Å². The number of carbonyl (C=O) groups excluding carboxylic acids is 1. The second-order valence-corrected chi connectivity index (χ2v) is 4.09. The Morgan fingerprint density at radius 1 is 1.20 bits per heavy atom.